The fraction of sp³-hybridized carbons (Fsp3) is 0.766. The van der Waals surface area contributed by atoms with Gasteiger partial charge in [0, 0.05) is 45.2 Å². The van der Waals surface area contributed by atoms with Crippen LogP contribution in [0.5, 0.6) is 0 Å². The van der Waals surface area contributed by atoms with Gasteiger partial charge in [0.25, 0.3) is 0 Å². The summed E-state index contributed by atoms with van der Waals surface area (Å²) in [6, 6.07) is 0. The number of rotatable bonds is 48. The predicted octanol–water partition coefficient (Wildman–Crippen LogP) is -0.858. The molecule has 6 N–H and O–H groups in total. The Balaban J connectivity index is 2.13. The second-order valence-electron chi connectivity index (χ2n) is 15.5. The maximum atomic E-state index is 9.51. The third-order valence-corrected chi connectivity index (χ3v) is 10.3. The van der Waals surface area contributed by atoms with Crippen molar-refractivity contribution in [1.29, 1.82) is 0 Å². The van der Waals surface area contributed by atoms with Crippen molar-refractivity contribution in [3.05, 3.63) is 47.8 Å². The largest absolute Gasteiger partial charge is 0.491 e. The number of hydrogen-bond donors (Lipinski definition) is 6. The van der Waals surface area contributed by atoms with Crippen molar-refractivity contribution in [3.63, 3.8) is 0 Å². The maximum Gasteiger partial charge on any atom is 0.232 e. The first kappa shape index (κ1) is 60.8. The Bertz CT molecular complexity index is 1550. The van der Waals surface area contributed by atoms with Gasteiger partial charge in [-0.1, -0.05) is 30.4 Å². The van der Waals surface area contributed by atoms with Crippen molar-refractivity contribution < 1.29 is 82.7 Å². The maximum absolute atomic E-state index is 9.51. The number of hydrogen-bond acceptors (Lipinski definition) is 23. The van der Waals surface area contributed by atoms with Crippen LogP contribution in [0.4, 0.5) is 17.8 Å². The molecule has 0 radical (unpaired) electrons. The smallest absolute Gasteiger partial charge is 0.232 e. The van der Waals surface area contributed by atoms with Crippen LogP contribution in [-0.2, 0) is 52.1 Å². The number of allylic oxidation sites excluding steroid dienone is 4. The van der Waals surface area contributed by atoms with Crippen molar-refractivity contribution in [2.45, 2.75) is 18.9 Å². The number of ether oxygens (including phenoxy) is 11. The molecule has 3 rings (SSSR count). The summed E-state index contributed by atoms with van der Waals surface area (Å²) in [6.07, 6.45) is 13.2. The highest BCUT2D eigenvalue weighted by molar-refractivity contribution is 5.48. The second-order valence-corrected chi connectivity index (χ2v) is 15.5. The zero-order chi connectivity index (χ0) is 50.0. The lowest BCUT2D eigenvalue weighted by atomic mass is 9.97. The molecule has 0 saturated carbocycles. The first-order valence-electron chi connectivity index (χ1n) is 24.4. The molecule has 0 aliphatic heterocycles. The lowest BCUT2D eigenvalue weighted by Gasteiger charge is -2.33. The van der Waals surface area contributed by atoms with Crippen molar-refractivity contribution in [2.24, 2.45) is 5.92 Å². The summed E-state index contributed by atoms with van der Waals surface area (Å²) in [5, 5.41) is 55.4. The summed E-state index contributed by atoms with van der Waals surface area (Å²) in [5.74, 6) is 1.64. The van der Waals surface area contributed by atoms with E-state index in [0.29, 0.717) is 135 Å². The highest BCUT2D eigenvalue weighted by Gasteiger charge is 2.27. The highest BCUT2D eigenvalue weighted by atomic mass is 16.6. The zero-order valence-corrected chi connectivity index (χ0v) is 41.0. The molecular weight excluding hydrogens is 921 g/mol. The van der Waals surface area contributed by atoms with Gasteiger partial charge in [-0.2, -0.15) is 15.0 Å². The van der Waals surface area contributed by atoms with Crippen LogP contribution in [0.25, 0.3) is 0 Å². The van der Waals surface area contributed by atoms with Crippen molar-refractivity contribution in [2.75, 3.05) is 226 Å². The van der Waals surface area contributed by atoms with Crippen LogP contribution in [0.3, 0.4) is 0 Å². The van der Waals surface area contributed by atoms with Gasteiger partial charge in [-0.25, -0.2) is 0 Å². The number of aromatic nitrogens is 3. The average Bonchev–Trinajstić information content (AvgIpc) is 3.38. The van der Waals surface area contributed by atoms with Crippen molar-refractivity contribution >= 4 is 17.8 Å². The lowest BCUT2D eigenvalue weighted by Crippen LogP contribution is -2.40. The summed E-state index contributed by atoms with van der Waals surface area (Å²) >= 11 is 0. The van der Waals surface area contributed by atoms with Gasteiger partial charge < -0.3 is 97.4 Å². The van der Waals surface area contributed by atoms with Gasteiger partial charge in [0.05, 0.1) is 171 Å². The molecule has 0 saturated heterocycles. The molecule has 1 heterocycles. The lowest BCUT2D eigenvalue weighted by molar-refractivity contribution is 0.00111. The third kappa shape index (κ3) is 27.4. The molecule has 0 aromatic carbocycles. The number of aliphatic hydroxyl groups excluding tert-OH is 6. The molecule has 0 amide bonds. The second kappa shape index (κ2) is 42.1. The van der Waals surface area contributed by atoms with E-state index in [0.717, 1.165) is 12.0 Å². The Morgan fingerprint density at radius 3 is 1.36 bits per heavy atom. The summed E-state index contributed by atoms with van der Waals surface area (Å²) in [5.41, 5.74) is 1.02. The van der Waals surface area contributed by atoms with E-state index >= 15 is 0 Å². The van der Waals surface area contributed by atoms with Crippen LogP contribution in [0.1, 0.15) is 12.8 Å². The zero-order valence-electron chi connectivity index (χ0n) is 41.0. The van der Waals surface area contributed by atoms with Crippen LogP contribution in [0, 0.1) is 5.92 Å². The molecule has 23 heteroatoms. The normalized spacial score (nSPS) is 15.6. The van der Waals surface area contributed by atoms with E-state index in [1.54, 1.807) is 0 Å². The number of anilines is 3. The first-order chi connectivity index (χ1) is 34.6. The molecule has 0 spiro atoms. The molecule has 1 aromatic rings. The third-order valence-electron chi connectivity index (χ3n) is 10.3. The van der Waals surface area contributed by atoms with E-state index in [1.165, 1.54) is 0 Å². The Labute approximate surface area is 413 Å². The first-order valence-corrected chi connectivity index (χ1v) is 24.4. The summed E-state index contributed by atoms with van der Waals surface area (Å²) in [4.78, 5) is 21.6. The van der Waals surface area contributed by atoms with Crippen molar-refractivity contribution in [3.8, 4) is 0 Å². The Kier molecular flexibility index (Phi) is 36.6. The summed E-state index contributed by atoms with van der Waals surface area (Å²) in [7, 11) is 0. The molecule has 402 valence electrons. The minimum absolute atomic E-state index is 0.0777. The molecule has 1 aromatic heterocycles. The quantitative estimate of drug-likeness (QED) is 0.0434. The van der Waals surface area contributed by atoms with Crippen LogP contribution >= 0.6 is 0 Å². The van der Waals surface area contributed by atoms with E-state index in [-0.39, 0.29) is 118 Å². The molecule has 2 aliphatic carbocycles. The highest BCUT2D eigenvalue weighted by Crippen LogP contribution is 2.27. The van der Waals surface area contributed by atoms with Crippen molar-refractivity contribution in [1.82, 2.24) is 15.0 Å². The van der Waals surface area contributed by atoms with Gasteiger partial charge in [0.1, 0.15) is 12.4 Å². The van der Waals surface area contributed by atoms with Gasteiger partial charge >= 0.3 is 0 Å². The SMILES string of the molecule is OCCOCCOCCN(CCOCCO)c1nc(N(CCOCCOCCO)CC2=C(OCCOCCO)C=CCC2)nc(N(CCOCCOCCO)CC2C=CC=CC2OCCOCCO)n1. The topological polar surface area (TPSA) is 271 Å². The molecule has 70 heavy (non-hydrogen) atoms. The number of aliphatic hydroxyl groups is 6. The Morgan fingerprint density at radius 2 is 0.843 bits per heavy atom. The van der Waals surface area contributed by atoms with E-state index in [4.69, 9.17) is 72.2 Å². The Morgan fingerprint density at radius 1 is 0.443 bits per heavy atom. The molecule has 23 nitrogen and oxygen atoms in total. The standard InChI is InChI=1S/C47H82N6O17/c54-13-23-60-19-9-51(10-20-61-29-32-64-24-14-55)45-48-46(52(11-21-62-30-33-65-25-15-56)39-41-5-1-3-7-43(41)69-37-35-67-27-17-58)50-47(49-45)53(12-22-63-31-34-66-26-16-57)40-42-6-2-4-8-44(42)70-38-36-68-28-18-59/h1,3-5,7-8,41,43,54-59H,2,6,9-40H2. The van der Waals surface area contributed by atoms with Crippen LogP contribution in [-0.4, -0.2) is 263 Å². The summed E-state index contributed by atoms with van der Waals surface area (Å²) < 4.78 is 63.6. The van der Waals surface area contributed by atoms with Gasteiger partial charge in [0.2, 0.25) is 17.8 Å². The molecule has 0 fully saturated rings. The van der Waals surface area contributed by atoms with Crippen LogP contribution in [0.2, 0.25) is 0 Å². The molecule has 2 atom stereocenters. The Hall–Kier alpha value is -3.47. The van der Waals surface area contributed by atoms with Gasteiger partial charge in [-0.05, 0) is 24.5 Å². The minimum Gasteiger partial charge on any atom is -0.491 e. The monoisotopic (exact) mass is 1000 g/mol. The molecular formula is C47H82N6O17. The van der Waals surface area contributed by atoms with E-state index in [1.807, 2.05) is 39.0 Å². The van der Waals surface area contributed by atoms with E-state index in [9.17, 15) is 25.5 Å². The molecule has 2 unspecified atom stereocenters. The fourth-order valence-electron chi connectivity index (χ4n) is 6.87. The van der Waals surface area contributed by atoms with Crippen LogP contribution in [0.15, 0.2) is 47.8 Å². The fourth-order valence-corrected chi connectivity index (χ4v) is 6.87. The molecule has 0 bridgehead atoms. The number of nitrogens with zero attached hydrogens (tertiary/aromatic N) is 6. The van der Waals surface area contributed by atoms with E-state index < -0.39 is 0 Å². The van der Waals surface area contributed by atoms with E-state index in [2.05, 4.69) is 12.2 Å². The molecule has 2 aliphatic rings. The van der Waals surface area contributed by atoms with Gasteiger partial charge in [-0.3, -0.25) is 0 Å². The summed E-state index contributed by atoms with van der Waals surface area (Å²) in [6.45, 7) is 7.10. The van der Waals surface area contributed by atoms with Crippen LogP contribution < -0.4 is 14.7 Å². The minimum atomic E-state index is -0.314. The predicted molar refractivity (Wildman–Crippen MR) is 259 cm³/mol. The average molecular weight is 1000 g/mol. The van der Waals surface area contributed by atoms with Gasteiger partial charge in [0.15, 0.2) is 0 Å². The van der Waals surface area contributed by atoms with Gasteiger partial charge in [-0.15, -0.1) is 0 Å².